The smallest absolute Gasteiger partial charge is 0.320 e. The van der Waals surface area contributed by atoms with Crippen LogP contribution in [-0.2, 0) is 11.3 Å². The summed E-state index contributed by atoms with van der Waals surface area (Å²) in [5, 5.41) is 9.76. The van der Waals surface area contributed by atoms with Gasteiger partial charge < -0.3 is 5.11 Å². The van der Waals surface area contributed by atoms with Gasteiger partial charge in [0.1, 0.15) is 6.04 Å². The predicted octanol–water partition coefficient (Wildman–Crippen LogP) is 2.39. The average Bonchev–Trinajstić information content (AvgIpc) is 2.69. The lowest BCUT2D eigenvalue weighted by Crippen LogP contribution is -2.35. The Morgan fingerprint density at radius 1 is 1.50 bits per heavy atom. The zero-order valence-electron chi connectivity index (χ0n) is 8.90. The molecule has 86 valence electrons. The van der Waals surface area contributed by atoms with Gasteiger partial charge in [-0.3, -0.25) is 9.69 Å². The first-order valence-corrected chi connectivity index (χ1v) is 5.76. The lowest BCUT2D eigenvalue weighted by Gasteiger charge is -2.21. The first kappa shape index (κ1) is 11.4. The summed E-state index contributed by atoms with van der Waals surface area (Å²) in [6.45, 7) is 1.46. The number of hydrogen-bond acceptors (Lipinski definition) is 2. The number of carbonyl (C=O) groups is 1. The molecular formula is C12H14ClNO2. The maximum absolute atomic E-state index is 11.0. The second-order valence-corrected chi connectivity index (χ2v) is 4.47. The maximum atomic E-state index is 11.0. The van der Waals surface area contributed by atoms with Crippen LogP contribution in [0.3, 0.4) is 0 Å². The zero-order chi connectivity index (χ0) is 11.5. The number of aliphatic carboxylic acids is 1. The molecule has 0 aliphatic carbocycles. The van der Waals surface area contributed by atoms with Crippen molar-refractivity contribution in [2.24, 2.45) is 0 Å². The van der Waals surface area contributed by atoms with Crippen LogP contribution < -0.4 is 0 Å². The summed E-state index contributed by atoms with van der Waals surface area (Å²) >= 11 is 6.06. The summed E-state index contributed by atoms with van der Waals surface area (Å²) in [7, 11) is 0. The molecule has 1 N–H and O–H groups in total. The van der Waals surface area contributed by atoms with Crippen LogP contribution in [0.1, 0.15) is 18.4 Å². The quantitative estimate of drug-likeness (QED) is 0.881. The largest absolute Gasteiger partial charge is 0.480 e. The molecule has 1 aromatic rings. The topological polar surface area (TPSA) is 40.5 Å². The number of hydrogen-bond donors (Lipinski definition) is 1. The summed E-state index contributed by atoms with van der Waals surface area (Å²) in [5.41, 5.74) is 0.998. The van der Waals surface area contributed by atoms with Crippen LogP contribution in [-0.4, -0.2) is 28.6 Å². The van der Waals surface area contributed by atoms with Crippen LogP contribution in [0.25, 0.3) is 0 Å². The Balaban J connectivity index is 2.10. The highest BCUT2D eigenvalue weighted by atomic mass is 35.5. The molecule has 1 heterocycles. The molecule has 0 radical (unpaired) electrons. The highest BCUT2D eigenvalue weighted by Gasteiger charge is 2.30. The number of likely N-dealkylation sites (tertiary alicyclic amines) is 1. The third-order valence-corrected chi connectivity index (χ3v) is 3.35. The maximum Gasteiger partial charge on any atom is 0.320 e. The predicted molar refractivity (Wildman–Crippen MR) is 62.5 cm³/mol. The van der Waals surface area contributed by atoms with Crippen LogP contribution in [0.4, 0.5) is 0 Å². The normalized spacial score (nSPS) is 21.2. The lowest BCUT2D eigenvalue weighted by molar-refractivity contribution is -0.142. The van der Waals surface area contributed by atoms with Crippen molar-refractivity contribution < 1.29 is 9.90 Å². The minimum atomic E-state index is -0.732. The van der Waals surface area contributed by atoms with Gasteiger partial charge in [0, 0.05) is 11.6 Å². The molecule has 1 aromatic carbocycles. The molecule has 2 rings (SSSR count). The van der Waals surface area contributed by atoms with Gasteiger partial charge in [-0.2, -0.15) is 0 Å². The molecule has 1 aliphatic heterocycles. The lowest BCUT2D eigenvalue weighted by atomic mass is 10.2. The monoisotopic (exact) mass is 239 g/mol. The molecule has 0 spiro atoms. The number of carboxylic acids is 1. The van der Waals surface area contributed by atoms with Crippen molar-refractivity contribution in [2.45, 2.75) is 25.4 Å². The van der Waals surface area contributed by atoms with E-state index in [0.29, 0.717) is 11.6 Å². The number of carboxylic acid groups (broad SMARTS) is 1. The first-order chi connectivity index (χ1) is 7.68. The Bertz CT molecular complexity index is 394. The fraction of sp³-hybridized carbons (Fsp3) is 0.417. The fourth-order valence-electron chi connectivity index (χ4n) is 2.14. The molecule has 0 bridgehead atoms. The SMILES string of the molecule is O=C(O)C1CCCN1Cc1ccccc1Cl. The summed E-state index contributed by atoms with van der Waals surface area (Å²) in [5.74, 6) is -0.732. The Kier molecular flexibility index (Phi) is 3.46. The van der Waals surface area contributed by atoms with Gasteiger partial charge in [0.2, 0.25) is 0 Å². The van der Waals surface area contributed by atoms with Crippen LogP contribution >= 0.6 is 11.6 Å². The average molecular weight is 240 g/mol. The molecular weight excluding hydrogens is 226 g/mol. The third-order valence-electron chi connectivity index (χ3n) is 2.98. The molecule has 0 aromatic heterocycles. The molecule has 1 saturated heterocycles. The van der Waals surface area contributed by atoms with E-state index in [4.69, 9.17) is 16.7 Å². The van der Waals surface area contributed by atoms with E-state index in [1.165, 1.54) is 0 Å². The molecule has 1 aliphatic rings. The number of rotatable bonds is 3. The second kappa shape index (κ2) is 4.85. The van der Waals surface area contributed by atoms with Crippen LogP contribution in [0.5, 0.6) is 0 Å². The van der Waals surface area contributed by atoms with E-state index < -0.39 is 5.97 Å². The molecule has 4 heteroatoms. The third kappa shape index (κ3) is 2.36. The van der Waals surface area contributed by atoms with E-state index in [1.54, 1.807) is 0 Å². The van der Waals surface area contributed by atoms with E-state index >= 15 is 0 Å². The van der Waals surface area contributed by atoms with E-state index in [9.17, 15) is 4.79 Å². The molecule has 0 amide bonds. The first-order valence-electron chi connectivity index (χ1n) is 5.39. The standard InChI is InChI=1S/C12H14ClNO2/c13-10-5-2-1-4-9(10)8-14-7-3-6-11(14)12(15)16/h1-2,4-5,11H,3,6-8H2,(H,15,16). The van der Waals surface area contributed by atoms with Crippen molar-refractivity contribution in [2.75, 3.05) is 6.54 Å². The van der Waals surface area contributed by atoms with Crippen LogP contribution in [0.2, 0.25) is 5.02 Å². The van der Waals surface area contributed by atoms with Crippen molar-refractivity contribution >= 4 is 17.6 Å². The van der Waals surface area contributed by atoms with Gasteiger partial charge in [0.05, 0.1) is 0 Å². The van der Waals surface area contributed by atoms with Crippen molar-refractivity contribution in [1.82, 2.24) is 4.90 Å². The van der Waals surface area contributed by atoms with Gasteiger partial charge in [-0.1, -0.05) is 29.8 Å². The number of nitrogens with zero attached hydrogens (tertiary/aromatic N) is 1. The zero-order valence-corrected chi connectivity index (χ0v) is 9.65. The number of halogens is 1. The van der Waals surface area contributed by atoms with E-state index in [1.807, 2.05) is 29.2 Å². The summed E-state index contributed by atoms with van der Waals surface area (Å²) in [4.78, 5) is 13.0. The highest BCUT2D eigenvalue weighted by molar-refractivity contribution is 6.31. The molecule has 16 heavy (non-hydrogen) atoms. The van der Waals surface area contributed by atoms with E-state index in [-0.39, 0.29) is 6.04 Å². The molecule has 1 fully saturated rings. The van der Waals surface area contributed by atoms with E-state index in [2.05, 4.69) is 0 Å². The van der Waals surface area contributed by atoms with Crippen molar-refractivity contribution in [1.29, 1.82) is 0 Å². The van der Waals surface area contributed by atoms with Gasteiger partial charge in [-0.05, 0) is 31.0 Å². The van der Waals surface area contributed by atoms with Gasteiger partial charge in [0.15, 0.2) is 0 Å². The Labute approximate surface area is 99.6 Å². The van der Waals surface area contributed by atoms with Gasteiger partial charge >= 0.3 is 5.97 Å². The van der Waals surface area contributed by atoms with Gasteiger partial charge in [0.25, 0.3) is 0 Å². The highest BCUT2D eigenvalue weighted by Crippen LogP contribution is 2.23. The van der Waals surface area contributed by atoms with E-state index in [0.717, 1.165) is 24.9 Å². The van der Waals surface area contributed by atoms with Gasteiger partial charge in [-0.15, -0.1) is 0 Å². The summed E-state index contributed by atoms with van der Waals surface area (Å²) in [6.07, 6.45) is 1.68. The Hall–Kier alpha value is -1.06. The Morgan fingerprint density at radius 3 is 2.94 bits per heavy atom. The van der Waals surface area contributed by atoms with Crippen LogP contribution in [0, 0.1) is 0 Å². The van der Waals surface area contributed by atoms with Gasteiger partial charge in [-0.25, -0.2) is 0 Å². The summed E-state index contributed by atoms with van der Waals surface area (Å²) in [6, 6.07) is 7.23. The molecule has 3 nitrogen and oxygen atoms in total. The molecule has 1 unspecified atom stereocenters. The van der Waals surface area contributed by atoms with Crippen molar-refractivity contribution in [3.8, 4) is 0 Å². The second-order valence-electron chi connectivity index (χ2n) is 4.06. The Morgan fingerprint density at radius 2 is 2.25 bits per heavy atom. The number of benzene rings is 1. The van der Waals surface area contributed by atoms with Crippen molar-refractivity contribution in [3.05, 3.63) is 34.9 Å². The minimum absolute atomic E-state index is 0.351. The minimum Gasteiger partial charge on any atom is -0.480 e. The van der Waals surface area contributed by atoms with Crippen molar-refractivity contribution in [3.63, 3.8) is 0 Å². The van der Waals surface area contributed by atoms with Crippen LogP contribution in [0.15, 0.2) is 24.3 Å². The molecule has 0 saturated carbocycles. The fourth-order valence-corrected chi connectivity index (χ4v) is 2.34. The summed E-state index contributed by atoms with van der Waals surface area (Å²) < 4.78 is 0. The molecule has 1 atom stereocenters.